The molecule has 2 aromatic rings. The molecular formula is C36H42O12. The molecule has 5 rings (SSSR count). The summed E-state index contributed by atoms with van der Waals surface area (Å²) in [6.07, 6.45) is -6.16. The summed E-state index contributed by atoms with van der Waals surface area (Å²) in [5, 5.41) is 12.5. The summed E-state index contributed by atoms with van der Waals surface area (Å²) in [6.45, 7) is 8.26. The number of carbonyl (C=O) groups excluding carboxylic acids is 5. The van der Waals surface area contributed by atoms with Gasteiger partial charge < -0.3 is 33.5 Å². The van der Waals surface area contributed by atoms with E-state index in [9.17, 15) is 29.1 Å². The number of hydrogen-bond donors (Lipinski definition) is 1. The zero-order valence-electron chi connectivity index (χ0n) is 27.9. The molecule has 2 aromatic carbocycles. The van der Waals surface area contributed by atoms with Gasteiger partial charge in [0.25, 0.3) is 0 Å². The standard InChI is InChI=1S/C36H42O12/c1-21(37)43-27-20-34(6,42)36-30(44-22(2)38)26(33(4,5)48-36)19-28(45-32(41)25-15-11-8-12-16-25)35(36,47-23(3)39)31(27)46-29(40)18-17-24-13-9-7-10-14-24/h7-16,26-28,30-31,42H,17-20H2,1-6H3/t26?,27-,28-,30+,31-,34-,35-,36-/m0/s1. The Bertz CT molecular complexity index is 1550. The quantitative estimate of drug-likeness (QED) is 0.306. The normalized spacial score (nSPS) is 33.0. The Morgan fingerprint density at radius 3 is 1.98 bits per heavy atom. The molecule has 0 radical (unpaired) electrons. The van der Waals surface area contributed by atoms with E-state index in [4.69, 9.17) is 28.4 Å². The van der Waals surface area contributed by atoms with E-state index in [-0.39, 0.29) is 24.8 Å². The van der Waals surface area contributed by atoms with Crippen molar-refractivity contribution in [2.24, 2.45) is 5.92 Å². The van der Waals surface area contributed by atoms with Gasteiger partial charge >= 0.3 is 29.8 Å². The van der Waals surface area contributed by atoms with E-state index >= 15 is 0 Å². The Balaban J connectivity index is 1.73. The van der Waals surface area contributed by atoms with Gasteiger partial charge in [-0.25, -0.2) is 4.79 Å². The molecule has 258 valence electrons. The summed E-state index contributed by atoms with van der Waals surface area (Å²) in [6, 6.07) is 17.3. The Morgan fingerprint density at radius 2 is 1.40 bits per heavy atom. The Morgan fingerprint density at radius 1 is 0.792 bits per heavy atom. The van der Waals surface area contributed by atoms with Gasteiger partial charge in [0, 0.05) is 39.5 Å². The lowest BCUT2D eigenvalue weighted by molar-refractivity contribution is -0.369. The molecule has 8 atom stereocenters. The molecule has 3 aliphatic rings. The summed E-state index contributed by atoms with van der Waals surface area (Å²) in [7, 11) is 0. The molecular weight excluding hydrogens is 624 g/mol. The first-order valence-electron chi connectivity index (χ1n) is 16.0. The highest BCUT2D eigenvalue weighted by Crippen LogP contribution is 2.66. The van der Waals surface area contributed by atoms with E-state index in [1.807, 2.05) is 30.3 Å². The Kier molecular flexibility index (Phi) is 9.46. The fourth-order valence-corrected chi connectivity index (χ4v) is 7.97. The van der Waals surface area contributed by atoms with Crippen LogP contribution in [0.25, 0.3) is 0 Å². The summed E-state index contributed by atoms with van der Waals surface area (Å²) in [5.74, 6) is -4.64. The zero-order chi connectivity index (χ0) is 35.1. The van der Waals surface area contributed by atoms with Gasteiger partial charge in [-0.1, -0.05) is 48.5 Å². The smallest absolute Gasteiger partial charge is 0.338 e. The highest BCUT2D eigenvalue weighted by molar-refractivity contribution is 5.89. The first kappa shape index (κ1) is 35.0. The topological polar surface area (TPSA) is 161 Å². The van der Waals surface area contributed by atoms with Crippen LogP contribution in [0.5, 0.6) is 0 Å². The molecule has 0 aromatic heterocycles. The lowest BCUT2D eigenvalue weighted by Crippen LogP contribution is -2.87. The predicted octanol–water partition coefficient (Wildman–Crippen LogP) is 3.64. The van der Waals surface area contributed by atoms with E-state index in [1.54, 1.807) is 32.0 Å². The van der Waals surface area contributed by atoms with Crippen molar-refractivity contribution in [3.05, 3.63) is 71.8 Å². The van der Waals surface area contributed by atoms with Crippen LogP contribution in [0, 0.1) is 5.92 Å². The number of fused-ring (bicyclic) bond motifs is 1. The molecule has 12 nitrogen and oxygen atoms in total. The van der Waals surface area contributed by atoms with Gasteiger partial charge in [-0.05, 0) is 51.3 Å². The van der Waals surface area contributed by atoms with Crippen LogP contribution >= 0.6 is 0 Å². The number of aryl methyl sites for hydroxylation is 1. The maximum absolute atomic E-state index is 13.7. The van der Waals surface area contributed by atoms with Gasteiger partial charge in [0.05, 0.1) is 11.2 Å². The van der Waals surface area contributed by atoms with Crippen molar-refractivity contribution >= 4 is 29.8 Å². The SMILES string of the molecule is CC(=O)O[C@H]1C[C@](C)(O)[C@]23OC(C)(C)C(C[C@H](OC(=O)c4ccccc4)[C@]2(OC(C)=O)[C@H]1OC(=O)CCc1ccccc1)[C@H]3OC(C)=O. The number of benzene rings is 2. The fraction of sp³-hybridized carbons (Fsp3) is 0.528. The lowest BCUT2D eigenvalue weighted by Gasteiger charge is -2.64. The average Bonchev–Trinajstić information content (AvgIpc) is 3.18. The number of aliphatic hydroxyl groups is 1. The van der Waals surface area contributed by atoms with Gasteiger partial charge in [0.1, 0.15) is 23.9 Å². The maximum atomic E-state index is 13.7. The molecule has 12 heteroatoms. The van der Waals surface area contributed by atoms with Crippen molar-refractivity contribution in [1.82, 2.24) is 0 Å². The summed E-state index contributed by atoms with van der Waals surface area (Å²) in [5.41, 5.74) is -6.81. The van der Waals surface area contributed by atoms with E-state index < -0.39 is 82.6 Å². The van der Waals surface area contributed by atoms with Crippen LogP contribution in [-0.4, -0.2) is 81.8 Å². The van der Waals surface area contributed by atoms with Crippen molar-refractivity contribution in [2.75, 3.05) is 0 Å². The van der Waals surface area contributed by atoms with Crippen LogP contribution in [0.15, 0.2) is 60.7 Å². The second kappa shape index (κ2) is 13.0. The molecule has 0 amide bonds. The minimum Gasteiger partial charge on any atom is -0.459 e. The second-order valence-electron chi connectivity index (χ2n) is 13.5. The van der Waals surface area contributed by atoms with Crippen LogP contribution in [0.2, 0.25) is 0 Å². The van der Waals surface area contributed by atoms with Crippen molar-refractivity contribution in [1.29, 1.82) is 0 Å². The minimum atomic E-state index is -2.39. The van der Waals surface area contributed by atoms with Crippen LogP contribution in [0.1, 0.15) is 76.7 Å². The number of carbonyl (C=O) groups is 5. The number of esters is 5. The van der Waals surface area contributed by atoms with Crippen molar-refractivity contribution in [3.63, 3.8) is 0 Å². The molecule has 1 heterocycles. The molecule has 1 N–H and O–H groups in total. The average molecular weight is 667 g/mol. The summed E-state index contributed by atoms with van der Waals surface area (Å²) in [4.78, 5) is 65.9. The zero-order valence-corrected chi connectivity index (χ0v) is 27.9. The number of rotatable bonds is 9. The van der Waals surface area contributed by atoms with Crippen molar-refractivity contribution in [3.8, 4) is 0 Å². The molecule has 1 aliphatic heterocycles. The number of ether oxygens (including phenoxy) is 6. The van der Waals surface area contributed by atoms with E-state index in [0.29, 0.717) is 6.42 Å². The van der Waals surface area contributed by atoms with E-state index in [0.717, 1.165) is 19.4 Å². The van der Waals surface area contributed by atoms with Crippen molar-refractivity contribution in [2.45, 2.75) is 114 Å². The lowest BCUT2D eigenvalue weighted by atomic mass is 9.51. The van der Waals surface area contributed by atoms with Gasteiger partial charge in [-0.15, -0.1) is 0 Å². The van der Waals surface area contributed by atoms with Gasteiger partial charge in [0.15, 0.2) is 11.7 Å². The molecule has 3 fully saturated rings. The van der Waals surface area contributed by atoms with Crippen LogP contribution in [-0.2, 0) is 54.0 Å². The van der Waals surface area contributed by atoms with Crippen molar-refractivity contribution < 1.29 is 57.5 Å². The van der Waals surface area contributed by atoms with Crippen LogP contribution in [0.3, 0.4) is 0 Å². The minimum absolute atomic E-state index is 0.112. The Labute approximate surface area is 279 Å². The molecule has 2 saturated carbocycles. The van der Waals surface area contributed by atoms with Gasteiger partial charge in [-0.3, -0.25) is 19.2 Å². The molecule has 48 heavy (non-hydrogen) atoms. The summed E-state index contributed by atoms with van der Waals surface area (Å²) >= 11 is 0. The maximum Gasteiger partial charge on any atom is 0.338 e. The predicted molar refractivity (Wildman–Crippen MR) is 167 cm³/mol. The molecule has 1 saturated heterocycles. The molecule has 2 aliphatic carbocycles. The monoisotopic (exact) mass is 666 g/mol. The van der Waals surface area contributed by atoms with E-state index in [1.165, 1.54) is 26.0 Å². The first-order valence-corrected chi connectivity index (χ1v) is 16.0. The highest BCUT2D eigenvalue weighted by atomic mass is 16.7. The largest absolute Gasteiger partial charge is 0.459 e. The van der Waals surface area contributed by atoms with Gasteiger partial charge in [0.2, 0.25) is 5.60 Å². The third kappa shape index (κ3) is 6.07. The van der Waals surface area contributed by atoms with Gasteiger partial charge in [-0.2, -0.15) is 0 Å². The fourth-order valence-electron chi connectivity index (χ4n) is 7.97. The Hall–Kier alpha value is -4.29. The summed E-state index contributed by atoms with van der Waals surface area (Å²) < 4.78 is 37.0. The van der Waals surface area contributed by atoms with E-state index in [2.05, 4.69) is 0 Å². The molecule has 1 spiro atoms. The van der Waals surface area contributed by atoms with Crippen LogP contribution in [0.4, 0.5) is 0 Å². The molecule has 2 bridgehead atoms. The third-order valence-electron chi connectivity index (χ3n) is 9.67. The third-order valence-corrected chi connectivity index (χ3v) is 9.67. The second-order valence-corrected chi connectivity index (χ2v) is 13.5. The highest BCUT2D eigenvalue weighted by Gasteiger charge is 2.88. The van der Waals surface area contributed by atoms with Crippen LogP contribution < -0.4 is 0 Å². The number of hydrogen-bond acceptors (Lipinski definition) is 12. The first-order chi connectivity index (χ1) is 22.5. The molecule has 1 unspecified atom stereocenters.